The second kappa shape index (κ2) is 11.7. The molecule has 0 N–H and O–H groups in total. The molecule has 0 radical (unpaired) electrons. The fourth-order valence-corrected chi connectivity index (χ4v) is 6.93. The van der Waals surface area contributed by atoms with Gasteiger partial charge < -0.3 is 4.90 Å². The molecule has 0 aromatic heterocycles. The van der Waals surface area contributed by atoms with Crippen LogP contribution in [0.2, 0.25) is 0 Å². The first-order chi connectivity index (χ1) is 23.1. The Morgan fingerprint density at radius 2 is 1.11 bits per heavy atom. The highest BCUT2D eigenvalue weighted by Gasteiger charge is 2.22. The van der Waals surface area contributed by atoms with Crippen molar-refractivity contribution in [2.45, 2.75) is 6.92 Å². The molecule has 8 aromatic rings. The summed E-state index contributed by atoms with van der Waals surface area (Å²) in [6, 6.07) is 53.8. The van der Waals surface area contributed by atoms with Gasteiger partial charge >= 0.3 is 0 Å². The van der Waals surface area contributed by atoms with Crippen molar-refractivity contribution in [1.29, 1.82) is 0 Å². The van der Waals surface area contributed by atoms with Crippen molar-refractivity contribution >= 4 is 66.6 Å². The molecule has 0 aliphatic heterocycles. The zero-order chi connectivity index (χ0) is 31.9. The molecule has 0 aliphatic rings. The molecule has 1 nitrogen and oxygen atoms in total. The van der Waals surface area contributed by atoms with Gasteiger partial charge in [0.25, 0.3) is 0 Å². The van der Waals surface area contributed by atoms with E-state index < -0.39 is 0 Å². The van der Waals surface area contributed by atoms with Crippen LogP contribution in [0.3, 0.4) is 0 Å². The Morgan fingerprint density at radius 3 is 1.83 bits per heavy atom. The lowest BCUT2D eigenvalue weighted by atomic mass is 9.86. The molecular weight excluding hydrogens is 574 g/mol. The van der Waals surface area contributed by atoms with Gasteiger partial charge in [0.2, 0.25) is 0 Å². The Balaban J connectivity index is 1.43. The molecule has 8 rings (SSSR count). The molecule has 0 fully saturated rings. The highest BCUT2D eigenvalue weighted by molar-refractivity contribution is 6.27. The van der Waals surface area contributed by atoms with E-state index in [0.717, 1.165) is 61.1 Å². The average Bonchev–Trinajstić information content (AvgIpc) is 3.11. The third-order valence-corrected chi connectivity index (χ3v) is 9.07. The van der Waals surface area contributed by atoms with Gasteiger partial charge in [0.1, 0.15) is 5.82 Å². The third kappa shape index (κ3) is 4.95. The molecule has 0 bridgehead atoms. The Labute approximate surface area is 274 Å². The quantitative estimate of drug-likeness (QED) is 0.129. The predicted molar refractivity (Wildman–Crippen MR) is 199 cm³/mol. The molecule has 0 saturated carbocycles. The summed E-state index contributed by atoms with van der Waals surface area (Å²) in [5, 5.41) is 6.94. The van der Waals surface area contributed by atoms with Crippen molar-refractivity contribution < 1.29 is 4.39 Å². The standard InChI is InChI=1S/C45H32FN/c1-30(2)35-17-10-12-20-42(35)47(34-15-7-4-8-16-34)43-28-24-33-22-26-38-36(25-21-32-23-27-39(43)45(33)44(32)38)40(29-31-13-5-3-6-14-31)37-18-9-11-19-41(37)46/h3-29H,1H2,2H3. The van der Waals surface area contributed by atoms with Crippen molar-refractivity contribution in [3.05, 3.63) is 192 Å². The monoisotopic (exact) mass is 605 g/mol. The first kappa shape index (κ1) is 28.5. The van der Waals surface area contributed by atoms with Crippen LogP contribution in [0.5, 0.6) is 0 Å². The lowest BCUT2D eigenvalue weighted by Gasteiger charge is -2.29. The van der Waals surface area contributed by atoms with Gasteiger partial charge in [-0.2, -0.15) is 0 Å². The molecule has 224 valence electrons. The minimum Gasteiger partial charge on any atom is -0.309 e. The van der Waals surface area contributed by atoms with Gasteiger partial charge in [0.05, 0.1) is 11.4 Å². The number of hydrogen-bond acceptors (Lipinski definition) is 1. The first-order valence-corrected chi connectivity index (χ1v) is 15.9. The predicted octanol–water partition coefficient (Wildman–Crippen LogP) is 12.8. The molecule has 47 heavy (non-hydrogen) atoms. The Kier molecular flexibility index (Phi) is 7.12. The maximum absolute atomic E-state index is 15.5. The summed E-state index contributed by atoms with van der Waals surface area (Å²) in [4.78, 5) is 2.34. The topological polar surface area (TPSA) is 3.24 Å². The van der Waals surface area contributed by atoms with E-state index in [2.05, 4.69) is 134 Å². The maximum Gasteiger partial charge on any atom is 0.131 e. The number of allylic oxidation sites excluding steroid dienone is 1. The van der Waals surface area contributed by atoms with Gasteiger partial charge in [0, 0.05) is 22.2 Å². The Hall–Kier alpha value is -5.99. The average molecular weight is 606 g/mol. The highest BCUT2D eigenvalue weighted by Crippen LogP contribution is 2.46. The van der Waals surface area contributed by atoms with Gasteiger partial charge in [-0.05, 0) is 92.5 Å². The Morgan fingerprint density at radius 1 is 0.532 bits per heavy atom. The summed E-state index contributed by atoms with van der Waals surface area (Å²) in [5.41, 5.74) is 8.81. The van der Waals surface area contributed by atoms with E-state index in [-0.39, 0.29) is 5.82 Å². The number of benzene rings is 8. The van der Waals surface area contributed by atoms with Crippen LogP contribution in [0.1, 0.15) is 29.2 Å². The van der Waals surface area contributed by atoms with Gasteiger partial charge in [-0.15, -0.1) is 0 Å². The summed E-state index contributed by atoms with van der Waals surface area (Å²) in [7, 11) is 0. The molecule has 0 aliphatic carbocycles. The second-order valence-corrected chi connectivity index (χ2v) is 12.0. The summed E-state index contributed by atoms with van der Waals surface area (Å²) in [6.45, 7) is 6.37. The first-order valence-electron chi connectivity index (χ1n) is 15.9. The number of hydrogen-bond donors (Lipinski definition) is 0. The fourth-order valence-electron chi connectivity index (χ4n) is 6.93. The molecule has 0 saturated heterocycles. The molecule has 0 unspecified atom stereocenters. The number of nitrogens with zero attached hydrogens (tertiary/aromatic N) is 1. The smallest absolute Gasteiger partial charge is 0.131 e. The second-order valence-electron chi connectivity index (χ2n) is 12.0. The van der Waals surface area contributed by atoms with Crippen molar-refractivity contribution in [2.75, 3.05) is 4.90 Å². The summed E-state index contributed by atoms with van der Waals surface area (Å²) in [5.74, 6) is -0.239. The fraction of sp³-hybridized carbons (Fsp3) is 0.0222. The van der Waals surface area contributed by atoms with Crippen LogP contribution in [-0.2, 0) is 0 Å². The van der Waals surface area contributed by atoms with Crippen LogP contribution in [-0.4, -0.2) is 0 Å². The van der Waals surface area contributed by atoms with Gasteiger partial charge in [-0.3, -0.25) is 0 Å². The highest BCUT2D eigenvalue weighted by atomic mass is 19.1. The molecule has 0 amide bonds. The summed E-state index contributed by atoms with van der Waals surface area (Å²) < 4.78 is 15.5. The number of halogens is 1. The van der Waals surface area contributed by atoms with Crippen LogP contribution in [0.4, 0.5) is 21.5 Å². The van der Waals surface area contributed by atoms with E-state index in [4.69, 9.17) is 0 Å². The van der Waals surface area contributed by atoms with Crippen molar-refractivity contribution in [3.8, 4) is 0 Å². The lowest BCUT2D eigenvalue weighted by Crippen LogP contribution is -2.12. The van der Waals surface area contributed by atoms with Crippen molar-refractivity contribution in [2.24, 2.45) is 0 Å². The van der Waals surface area contributed by atoms with E-state index in [0.29, 0.717) is 5.56 Å². The number of anilines is 3. The van der Waals surface area contributed by atoms with Crippen LogP contribution in [0.15, 0.2) is 164 Å². The Bertz CT molecular complexity index is 2440. The molecule has 0 heterocycles. The maximum atomic E-state index is 15.5. The molecule has 8 aromatic carbocycles. The van der Waals surface area contributed by atoms with E-state index in [1.165, 1.54) is 22.2 Å². The molecule has 0 spiro atoms. The van der Waals surface area contributed by atoms with Crippen LogP contribution in [0.25, 0.3) is 49.5 Å². The molecular formula is C45H32FN. The van der Waals surface area contributed by atoms with Gasteiger partial charge in [0.15, 0.2) is 0 Å². The van der Waals surface area contributed by atoms with E-state index in [1.54, 1.807) is 6.07 Å². The van der Waals surface area contributed by atoms with E-state index in [1.807, 2.05) is 36.4 Å². The summed E-state index contributed by atoms with van der Waals surface area (Å²) >= 11 is 0. The zero-order valence-corrected chi connectivity index (χ0v) is 26.1. The largest absolute Gasteiger partial charge is 0.309 e. The lowest BCUT2D eigenvalue weighted by molar-refractivity contribution is 0.624. The van der Waals surface area contributed by atoms with Gasteiger partial charge in [-0.1, -0.05) is 134 Å². The van der Waals surface area contributed by atoms with Crippen molar-refractivity contribution in [1.82, 2.24) is 0 Å². The van der Waals surface area contributed by atoms with Crippen LogP contribution < -0.4 is 4.90 Å². The van der Waals surface area contributed by atoms with Gasteiger partial charge in [-0.25, -0.2) is 4.39 Å². The SMILES string of the molecule is C=C(C)c1ccccc1N(c1ccccc1)c1ccc2ccc3c(C(=Cc4ccccc4)c4ccccc4F)ccc4ccc1c2c43. The summed E-state index contributed by atoms with van der Waals surface area (Å²) in [6.07, 6.45) is 2.10. The minimum absolute atomic E-state index is 0.239. The normalized spacial score (nSPS) is 11.8. The van der Waals surface area contributed by atoms with Crippen molar-refractivity contribution in [3.63, 3.8) is 0 Å². The molecule has 0 atom stereocenters. The third-order valence-electron chi connectivity index (χ3n) is 9.07. The van der Waals surface area contributed by atoms with E-state index in [9.17, 15) is 0 Å². The van der Waals surface area contributed by atoms with Crippen LogP contribution in [0, 0.1) is 5.82 Å². The number of rotatable bonds is 7. The van der Waals surface area contributed by atoms with Crippen LogP contribution >= 0.6 is 0 Å². The zero-order valence-electron chi connectivity index (χ0n) is 26.1. The molecule has 2 heteroatoms. The minimum atomic E-state index is -0.239. The number of para-hydroxylation sites is 2. The van der Waals surface area contributed by atoms with E-state index >= 15 is 4.39 Å².